The Kier molecular flexibility index (Phi) is 4.81. The average molecular weight is 174 g/mol. The second-order valence-corrected chi connectivity index (χ2v) is 2.83. The van der Waals surface area contributed by atoms with Crippen molar-refractivity contribution in [3.63, 3.8) is 0 Å². The van der Waals surface area contributed by atoms with Crippen LogP contribution in [0.3, 0.4) is 0 Å². The molecule has 3 nitrogen and oxygen atoms in total. The molecule has 0 aliphatic rings. The Morgan fingerprint density at radius 1 is 1.82 bits per heavy atom. The van der Waals surface area contributed by atoms with Gasteiger partial charge in [0.15, 0.2) is 0 Å². The summed E-state index contributed by atoms with van der Waals surface area (Å²) in [7, 11) is 0. The van der Waals surface area contributed by atoms with Crippen molar-refractivity contribution in [3.05, 3.63) is 24.4 Å². The van der Waals surface area contributed by atoms with Gasteiger partial charge in [0.05, 0.1) is 0 Å². The molecule has 0 fully saturated rings. The van der Waals surface area contributed by atoms with E-state index in [9.17, 15) is 8.76 Å². The molecule has 1 unspecified atom stereocenters. The predicted molar refractivity (Wildman–Crippen MR) is 45.3 cm³/mol. The van der Waals surface area contributed by atoms with E-state index in [-0.39, 0.29) is 0 Å². The van der Waals surface area contributed by atoms with Crippen LogP contribution in [0.1, 0.15) is 13.8 Å². The van der Waals surface area contributed by atoms with Gasteiger partial charge in [-0.15, -0.1) is 0 Å². The van der Waals surface area contributed by atoms with E-state index in [1.54, 1.807) is 26.0 Å². The van der Waals surface area contributed by atoms with Crippen molar-refractivity contribution in [3.8, 4) is 0 Å². The zero-order chi connectivity index (χ0) is 8.85. The fraction of sp³-hybridized carbons (Fsp3) is 0.429. The van der Waals surface area contributed by atoms with Crippen molar-refractivity contribution in [1.82, 2.24) is 4.31 Å². The minimum atomic E-state index is -2.17. The number of hydrogen-bond acceptors (Lipinski definition) is 2. The van der Waals surface area contributed by atoms with E-state index in [0.29, 0.717) is 12.2 Å². The molecule has 0 saturated carbocycles. The summed E-state index contributed by atoms with van der Waals surface area (Å²) in [4.78, 5) is 0. The molecular weight excluding hydrogens is 162 g/mol. The summed E-state index contributed by atoms with van der Waals surface area (Å²) < 4.78 is 22.2. The maximum atomic E-state index is 10.5. The van der Waals surface area contributed by atoms with Gasteiger partial charge in [0.25, 0.3) is 0 Å². The molecule has 0 N–H and O–H groups in total. The molecule has 0 radical (unpaired) electrons. The molecule has 11 heavy (non-hydrogen) atoms. The van der Waals surface area contributed by atoms with Gasteiger partial charge < -0.3 is 8.86 Å². The second kappa shape index (κ2) is 5.09. The molecule has 0 aliphatic heterocycles. The van der Waals surface area contributed by atoms with Crippen LogP contribution in [-0.4, -0.2) is 19.6 Å². The van der Waals surface area contributed by atoms with Crippen LogP contribution < -0.4 is 0 Å². The van der Waals surface area contributed by atoms with Crippen molar-refractivity contribution in [2.75, 3.05) is 6.54 Å². The highest BCUT2D eigenvalue weighted by Gasteiger charge is 2.00. The first-order valence-electron chi connectivity index (χ1n) is 3.29. The van der Waals surface area contributed by atoms with Crippen LogP contribution >= 0.6 is 0 Å². The molecule has 0 aromatic heterocycles. The molecule has 4 heteroatoms. The first-order valence-corrected chi connectivity index (χ1v) is 4.32. The maximum Gasteiger partial charge on any atom is 0.0472 e. The lowest BCUT2D eigenvalue weighted by molar-refractivity contribution is 0.450. The third-order valence-corrected chi connectivity index (χ3v) is 2.13. The van der Waals surface area contributed by atoms with E-state index in [1.165, 1.54) is 4.31 Å². The lowest BCUT2D eigenvalue weighted by atomic mass is 10.4. The van der Waals surface area contributed by atoms with Gasteiger partial charge in [0, 0.05) is 23.5 Å². The van der Waals surface area contributed by atoms with Gasteiger partial charge in [0.2, 0.25) is 0 Å². The lowest BCUT2D eigenvalue weighted by Crippen LogP contribution is -2.23. The van der Waals surface area contributed by atoms with Crippen LogP contribution in [0.25, 0.3) is 0 Å². The summed E-state index contributed by atoms with van der Waals surface area (Å²) in [6.07, 6.45) is 3.21. The van der Waals surface area contributed by atoms with Crippen molar-refractivity contribution >= 4 is 11.3 Å². The Labute approximate surface area is 69.8 Å². The molecule has 0 amide bonds. The Morgan fingerprint density at radius 3 is 2.64 bits per heavy atom. The first kappa shape index (κ1) is 10.4. The van der Waals surface area contributed by atoms with E-state index in [0.717, 1.165) is 0 Å². The number of hydrogen-bond donors (Lipinski definition) is 0. The highest BCUT2D eigenvalue weighted by Crippen LogP contribution is 2.04. The average Bonchev–Trinajstić information content (AvgIpc) is 1.88. The Bertz CT molecular complexity index is 189. The summed E-state index contributed by atoms with van der Waals surface area (Å²) in [5.41, 5.74) is 0.677. The summed E-state index contributed by atoms with van der Waals surface area (Å²) in [5.74, 6) is 0. The topological polar surface area (TPSA) is 43.4 Å². The quantitative estimate of drug-likeness (QED) is 0.474. The molecule has 64 valence electrons. The van der Waals surface area contributed by atoms with E-state index in [1.807, 2.05) is 0 Å². The van der Waals surface area contributed by atoms with Crippen molar-refractivity contribution < 1.29 is 8.76 Å². The van der Waals surface area contributed by atoms with Crippen molar-refractivity contribution in [1.29, 1.82) is 0 Å². The number of allylic oxidation sites excluding steroid dienone is 3. The van der Waals surface area contributed by atoms with Crippen molar-refractivity contribution in [2.45, 2.75) is 13.8 Å². The first-order chi connectivity index (χ1) is 5.13. The number of nitrogens with zero attached hydrogens (tertiary/aromatic N) is 1. The van der Waals surface area contributed by atoms with E-state index in [4.69, 9.17) is 0 Å². The Morgan fingerprint density at radius 2 is 2.36 bits per heavy atom. The Balaban J connectivity index is 4.37. The van der Waals surface area contributed by atoms with Crippen LogP contribution in [0, 0.1) is 0 Å². The van der Waals surface area contributed by atoms with Gasteiger partial charge in [0.1, 0.15) is 0 Å². The predicted octanol–water partition coefficient (Wildman–Crippen LogP) is 1.19. The van der Waals surface area contributed by atoms with E-state index >= 15 is 0 Å². The molecule has 0 aromatic rings. The van der Waals surface area contributed by atoms with Crippen molar-refractivity contribution in [2.24, 2.45) is 0 Å². The highest BCUT2D eigenvalue weighted by atomic mass is 32.2. The van der Waals surface area contributed by atoms with Gasteiger partial charge in [-0.05, 0) is 19.9 Å². The fourth-order valence-corrected chi connectivity index (χ4v) is 1.23. The van der Waals surface area contributed by atoms with Gasteiger partial charge >= 0.3 is 0 Å². The normalized spacial score (nSPS) is 14.3. The van der Waals surface area contributed by atoms with E-state index < -0.39 is 11.3 Å². The number of rotatable bonds is 4. The summed E-state index contributed by atoms with van der Waals surface area (Å²) in [6.45, 7) is 7.42. The largest absolute Gasteiger partial charge is 0.755 e. The molecular formula is C7H12NO2S-. The van der Waals surface area contributed by atoms with Crippen LogP contribution in [0.15, 0.2) is 24.4 Å². The minimum Gasteiger partial charge on any atom is -0.755 e. The third kappa shape index (κ3) is 3.34. The smallest absolute Gasteiger partial charge is 0.0472 e. The Hall–Kier alpha value is -0.610. The standard InChI is InChI=1S/C7H13NO2S/c1-4-6-7(3)8(5-2)11(9)10/h4,6H,1,5H2,2-3H3,(H,9,10)/p-1/b7-6+. The van der Waals surface area contributed by atoms with Crippen LogP contribution in [-0.2, 0) is 11.3 Å². The highest BCUT2D eigenvalue weighted by molar-refractivity contribution is 7.76. The molecule has 0 aromatic carbocycles. The molecule has 0 aliphatic carbocycles. The zero-order valence-corrected chi connectivity index (χ0v) is 7.56. The zero-order valence-electron chi connectivity index (χ0n) is 6.74. The van der Waals surface area contributed by atoms with Gasteiger partial charge in [-0.2, -0.15) is 0 Å². The molecule has 0 saturated heterocycles. The van der Waals surface area contributed by atoms with Crippen LogP contribution in [0.5, 0.6) is 0 Å². The van der Waals surface area contributed by atoms with Gasteiger partial charge in [-0.25, -0.2) is 0 Å². The summed E-state index contributed by atoms with van der Waals surface area (Å²) in [5, 5.41) is 0. The molecule has 0 spiro atoms. The van der Waals surface area contributed by atoms with Gasteiger partial charge in [-0.1, -0.05) is 12.7 Å². The molecule has 0 rings (SSSR count). The summed E-state index contributed by atoms with van der Waals surface area (Å²) >= 11 is -2.17. The second-order valence-electron chi connectivity index (χ2n) is 1.96. The third-order valence-electron chi connectivity index (χ3n) is 1.22. The van der Waals surface area contributed by atoms with Crippen LogP contribution in [0.2, 0.25) is 0 Å². The van der Waals surface area contributed by atoms with Gasteiger partial charge in [-0.3, -0.25) is 4.21 Å². The maximum absolute atomic E-state index is 10.5. The minimum absolute atomic E-state index is 0.451. The van der Waals surface area contributed by atoms with Crippen LogP contribution in [0.4, 0.5) is 0 Å². The van der Waals surface area contributed by atoms with E-state index in [2.05, 4.69) is 6.58 Å². The molecule has 0 bridgehead atoms. The fourth-order valence-electron chi connectivity index (χ4n) is 0.726. The SMILES string of the molecule is C=C/C=C(\C)N(CC)S(=O)[O-]. The molecule has 0 heterocycles. The summed E-state index contributed by atoms with van der Waals surface area (Å²) in [6, 6.07) is 0. The monoisotopic (exact) mass is 174 g/mol. The molecule has 1 atom stereocenters. The lowest BCUT2D eigenvalue weighted by Gasteiger charge is -2.24.